The Balaban J connectivity index is 2.30. The van der Waals surface area contributed by atoms with Crippen molar-refractivity contribution in [2.45, 2.75) is 19.9 Å². The van der Waals surface area contributed by atoms with Crippen LogP contribution in [0.25, 0.3) is 0 Å². The first-order chi connectivity index (χ1) is 7.38. The second-order valence-corrected chi connectivity index (χ2v) is 3.11. The summed E-state index contributed by atoms with van der Waals surface area (Å²) in [7, 11) is 0. The smallest absolute Gasteiger partial charge is 0.142 e. The van der Waals surface area contributed by atoms with Gasteiger partial charge in [-0.3, -0.25) is 4.98 Å². The SMILES string of the molecule is CCCOCCOc1cccnc1CN. The van der Waals surface area contributed by atoms with E-state index in [0.29, 0.717) is 19.8 Å². The van der Waals surface area contributed by atoms with Gasteiger partial charge in [-0.1, -0.05) is 6.92 Å². The maximum Gasteiger partial charge on any atom is 0.142 e. The Labute approximate surface area is 90.4 Å². The van der Waals surface area contributed by atoms with Crippen molar-refractivity contribution in [3.63, 3.8) is 0 Å². The van der Waals surface area contributed by atoms with Gasteiger partial charge in [0, 0.05) is 19.3 Å². The van der Waals surface area contributed by atoms with E-state index >= 15 is 0 Å². The van der Waals surface area contributed by atoms with Crippen molar-refractivity contribution in [3.05, 3.63) is 24.0 Å². The summed E-state index contributed by atoms with van der Waals surface area (Å²) in [4.78, 5) is 4.12. The van der Waals surface area contributed by atoms with Crippen LogP contribution in [0.4, 0.5) is 0 Å². The van der Waals surface area contributed by atoms with E-state index in [1.165, 1.54) is 0 Å². The summed E-state index contributed by atoms with van der Waals surface area (Å²) < 4.78 is 10.8. The van der Waals surface area contributed by atoms with Crippen molar-refractivity contribution < 1.29 is 9.47 Å². The third-order valence-corrected chi connectivity index (χ3v) is 1.88. The van der Waals surface area contributed by atoms with Gasteiger partial charge in [0.2, 0.25) is 0 Å². The molecule has 1 heterocycles. The molecular weight excluding hydrogens is 192 g/mol. The molecule has 1 rings (SSSR count). The molecule has 1 aromatic rings. The lowest BCUT2D eigenvalue weighted by Gasteiger charge is -2.09. The first kappa shape index (κ1) is 11.9. The molecule has 0 aromatic carbocycles. The van der Waals surface area contributed by atoms with Crippen molar-refractivity contribution in [2.75, 3.05) is 19.8 Å². The fourth-order valence-corrected chi connectivity index (χ4v) is 1.16. The minimum Gasteiger partial charge on any atom is -0.489 e. The second kappa shape index (κ2) is 7.20. The first-order valence-corrected chi connectivity index (χ1v) is 5.23. The maximum atomic E-state index is 5.53. The highest BCUT2D eigenvalue weighted by molar-refractivity contribution is 5.26. The van der Waals surface area contributed by atoms with E-state index < -0.39 is 0 Å². The standard InChI is InChI=1S/C11H18N2O2/c1-2-6-14-7-8-15-11-4-3-5-13-10(11)9-12/h3-5H,2,6-9,12H2,1H3. The predicted octanol–water partition coefficient (Wildman–Crippen LogP) is 1.35. The molecule has 0 saturated heterocycles. The molecule has 0 radical (unpaired) electrons. The van der Waals surface area contributed by atoms with E-state index in [4.69, 9.17) is 15.2 Å². The highest BCUT2D eigenvalue weighted by Gasteiger charge is 2.01. The summed E-state index contributed by atoms with van der Waals surface area (Å²) in [6.07, 6.45) is 2.74. The zero-order valence-electron chi connectivity index (χ0n) is 9.11. The maximum absolute atomic E-state index is 5.53. The number of hydrogen-bond donors (Lipinski definition) is 1. The molecule has 0 saturated carbocycles. The van der Waals surface area contributed by atoms with Crippen LogP contribution < -0.4 is 10.5 Å². The topological polar surface area (TPSA) is 57.4 Å². The molecule has 0 aliphatic carbocycles. The minimum atomic E-state index is 0.395. The Bertz CT molecular complexity index is 279. The summed E-state index contributed by atoms with van der Waals surface area (Å²) in [6, 6.07) is 3.70. The van der Waals surface area contributed by atoms with Crippen LogP contribution in [-0.4, -0.2) is 24.8 Å². The second-order valence-electron chi connectivity index (χ2n) is 3.11. The first-order valence-electron chi connectivity index (χ1n) is 5.23. The molecule has 0 aliphatic rings. The van der Waals surface area contributed by atoms with Crippen molar-refractivity contribution in [1.82, 2.24) is 4.98 Å². The number of nitrogens with two attached hydrogens (primary N) is 1. The van der Waals surface area contributed by atoms with Gasteiger partial charge in [-0.05, 0) is 18.6 Å². The molecule has 4 nitrogen and oxygen atoms in total. The number of aromatic nitrogens is 1. The molecule has 4 heteroatoms. The van der Waals surface area contributed by atoms with Crippen LogP contribution in [0.3, 0.4) is 0 Å². The summed E-state index contributed by atoms with van der Waals surface area (Å²) >= 11 is 0. The van der Waals surface area contributed by atoms with E-state index in [0.717, 1.165) is 24.5 Å². The van der Waals surface area contributed by atoms with Crippen LogP contribution in [0.1, 0.15) is 19.0 Å². The van der Waals surface area contributed by atoms with Crippen molar-refractivity contribution in [1.29, 1.82) is 0 Å². The molecule has 1 aromatic heterocycles. The monoisotopic (exact) mass is 210 g/mol. The number of hydrogen-bond acceptors (Lipinski definition) is 4. The third-order valence-electron chi connectivity index (χ3n) is 1.88. The normalized spacial score (nSPS) is 10.3. The van der Waals surface area contributed by atoms with Crippen molar-refractivity contribution in [3.8, 4) is 5.75 Å². The van der Waals surface area contributed by atoms with Gasteiger partial charge in [0.15, 0.2) is 0 Å². The van der Waals surface area contributed by atoms with Crippen LogP contribution in [0.5, 0.6) is 5.75 Å². The van der Waals surface area contributed by atoms with Gasteiger partial charge in [-0.25, -0.2) is 0 Å². The lowest BCUT2D eigenvalue weighted by Crippen LogP contribution is -2.10. The van der Waals surface area contributed by atoms with Crippen molar-refractivity contribution in [2.24, 2.45) is 5.73 Å². The molecule has 2 N–H and O–H groups in total. The lowest BCUT2D eigenvalue weighted by atomic mass is 10.3. The van der Waals surface area contributed by atoms with E-state index in [2.05, 4.69) is 11.9 Å². The average Bonchev–Trinajstić information content (AvgIpc) is 2.29. The molecule has 0 bridgehead atoms. The molecular formula is C11H18N2O2. The lowest BCUT2D eigenvalue weighted by molar-refractivity contribution is 0.100. The molecule has 0 unspecified atom stereocenters. The summed E-state index contributed by atoms with van der Waals surface area (Å²) in [5.41, 5.74) is 6.31. The van der Waals surface area contributed by atoms with Crippen LogP contribution in [0.15, 0.2) is 18.3 Å². The third kappa shape index (κ3) is 4.27. The van der Waals surface area contributed by atoms with E-state index in [1.807, 2.05) is 12.1 Å². The largest absolute Gasteiger partial charge is 0.489 e. The Kier molecular flexibility index (Phi) is 5.73. The zero-order valence-corrected chi connectivity index (χ0v) is 9.11. The fourth-order valence-electron chi connectivity index (χ4n) is 1.16. The molecule has 0 spiro atoms. The quantitative estimate of drug-likeness (QED) is 0.690. The number of ether oxygens (including phenoxy) is 2. The van der Waals surface area contributed by atoms with Gasteiger partial charge >= 0.3 is 0 Å². The van der Waals surface area contributed by atoms with Gasteiger partial charge in [0.05, 0.1) is 12.3 Å². The van der Waals surface area contributed by atoms with E-state index in [-0.39, 0.29) is 0 Å². The van der Waals surface area contributed by atoms with Crippen LogP contribution in [0.2, 0.25) is 0 Å². The van der Waals surface area contributed by atoms with Gasteiger partial charge in [-0.15, -0.1) is 0 Å². The van der Waals surface area contributed by atoms with Crippen molar-refractivity contribution >= 4 is 0 Å². The summed E-state index contributed by atoms with van der Waals surface area (Å²) in [5.74, 6) is 0.750. The fraction of sp³-hybridized carbons (Fsp3) is 0.545. The Hall–Kier alpha value is -1.13. The van der Waals surface area contributed by atoms with Crippen LogP contribution in [0, 0.1) is 0 Å². The van der Waals surface area contributed by atoms with Gasteiger partial charge < -0.3 is 15.2 Å². The minimum absolute atomic E-state index is 0.395. The number of rotatable bonds is 7. The Morgan fingerprint density at radius 3 is 2.93 bits per heavy atom. The molecule has 0 aliphatic heterocycles. The zero-order chi connectivity index (χ0) is 10.9. The molecule has 84 valence electrons. The van der Waals surface area contributed by atoms with Crippen LogP contribution in [-0.2, 0) is 11.3 Å². The number of nitrogens with zero attached hydrogens (tertiary/aromatic N) is 1. The Morgan fingerprint density at radius 1 is 1.33 bits per heavy atom. The van der Waals surface area contributed by atoms with E-state index in [1.54, 1.807) is 6.20 Å². The van der Waals surface area contributed by atoms with Crippen LogP contribution >= 0.6 is 0 Å². The van der Waals surface area contributed by atoms with Gasteiger partial charge in [0.25, 0.3) is 0 Å². The van der Waals surface area contributed by atoms with Gasteiger partial charge in [0.1, 0.15) is 12.4 Å². The number of pyridine rings is 1. The molecule has 0 amide bonds. The molecule has 0 atom stereocenters. The summed E-state index contributed by atoms with van der Waals surface area (Å²) in [5, 5.41) is 0. The molecule has 0 fully saturated rings. The highest BCUT2D eigenvalue weighted by atomic mass is 16.5. The summed E-state index contributed by atoms with van der Waals surface area (Å²) in [6.45, 7) is 4.39. The molecule has 15 heavy (non-hydrogen) atoms. The average molecular weight is 210 g/mol. The highest BCUT2D eigenvalue weighted by Crippen LogP contribution is 2.13. The van der Waals surface area contributed by atoms with Gasteiger partial charge in [-0.2, -0.15) is 0 Å². The Morgan fingerprint density at radius 2 is 2.20 bits per heavy atom. The predicted molar refractivity (Wildman–Crippen MR) is 58.7 cm³/mol. The van der Waals surface area contributed by atoms with E-state index in [9.17, 15) is 0 Å².